The summed E-state index contributed by atoms with van der Waals surface area (Å²) in [6.07, 6.45) is -3.87. The van der Waals surface area contributed by atoms with Gasteiger partial charge in [0.2, 0.25) is 0 Å². The quantitative estimate of drug-likeness (QED) is 0.545. The molecule has 180 valence electrons. The number of thioether (sulfide) groups is 1. The van der Waals surface area contributed by atoms with E-state index in [2.05, 4.69) is 4.74 Å². The highest BCUT2D eigenvalue weighted by Crippen LogP contribution is 2.34. The van der Waals surface area contributed by atoms with Crippen LogP contribution in [0.15, 0.2) is 42.5 Å². The van der Waals surface area contributed by atoms with E-state index in [0.717, 1.165) is 12.1 Å². The molecule has 0 aliphatic carbocycles. The fourth-order valence-corrected chi connectivity index (χ4v) is 3.75. The predicted octanol–water partition coefficient (Wildman–Crippen LogP) is 3.88. The van der Waals surface area contributed by atoms with Crippen molar-refractivity contribution >= 4 is 23.4 Å². The molecule has 1 saturated heterocycles. The van der Waals surface area contributed by atoms with Crippen molar-refractivity contribution in [3.63, 3.8) is 0 Å². The highest BCUT2D eigenvalue weighted by atomic mass is 32.2. The van der Waals surface area contributed by atoms with Crippen LogP contribution in [0.25, 0.3) is 0 Å². The molecule has 2 atom stereocenters. The molecule has 1 aliphatic heterocycles. The first-order valence-electron chi connectivity index (χ1n) is 10.0. The van der Waals surface area contributed by atoms with Crippen LogP contribution >= 0.6 is 11.8 Å². The Hall–Kier alpha value is -2.79. The summed E-state index contributed by atoms with van der Waals surface area (Å²) in [4.78, 5) is 14.4. The van der Waals surface area contributed by atoms with Gasteiger partial charge in [-0.1, -0.05) is 0 Å². The van der Waals surface area contributed by atoms with Crippen LogP contribution in [0.1, 0.15) is 6.42 Å². The van der Waals surface area contributed by atoms with E-state index >= 15 is 0 Å². The molecule has 1 N–H and O–H groups in total. The number of hydrogen-bond donors (Lipinski definition) is 1. The Morgan fingerprint density at radius 2 is 1.85 bits per heavy atom. The molecule has 2 aromatic rings. The molecule has 1 aliphatic rings. The first kappa shape index (κ1) is 24.8. The third kappa shape index (κ3) is 6.84. The topological polar surface area (TPSA) is 77.5 Å². The maximum absolute atomic E-state index is 12.9. The molecular formula is C22H24F3NO6S. The Bertz CT molecular complexity index is 941. The third-order valence-corrected chi connectivity index (χ3v) is 5.46. The van der Waals surface area contributed by atoms with Gasteiger partial charge in [0.1, 0.15) is 18.1 Å². The molecule has 1 unspecified atom stereocenters. The number of alkyl halides is 3. The van der Waals surface area contributed by atoms with Gasteiger partial charge in [0.05, 0.1) is 13.2 Å². The van der Waals surface area contributed by atoms with E-state index in [0.29, 0.717) is 35.9 Å². The Morgan fingerprint density at radius 3 is 2.48 bits per heavy atom. The zero-order valence-corrected chi connectivity index (χ0v) is 18.8. The normalized spacial score (nSPS) is 17.1. The minimum atomic E-state index is -4.78. The minimum absolute atomic E-state index is 0.113. The van der Waals surface area contributed by atoms with Crippen molar-refractivity contribution in [2.75, 3.05) is 37.2 Å². The van der Waals surface area contributed by atoms with Crippen LogP contribution < -0.4 is 23.8 Å². The number of rotatable bonds is 10. The van der Waals surface area contributed by atoms with Crippen LogP contribution in [0.4, 0.5) is 18.9 Å². The zero-order valence-electron chi connectivity index (χ0n) is 18.0. The lowest BCUT2D eigenvalue weighted by Gasteiger charge is -2.20. The van der Waals surface area contributed by atoms with Crippen LogP contribution in [0.3, 0.4) is 0 Å². The van der Waals surface area contributed by atoms with E-state index in [1.54, 1.807) is 23.1 Å². The fraction of sp³-hybridized carbons (Fsp3) is 0.409. The molecule has 7 nitrogen and oxygen atoms in total. The molecule has 1 fully saturated rings. The summed E-state index contributed by atoms with van der Waals surface area (Å²) in [6, 6.07) is 9.93. The molecule has 33 heavy (non-hydrogen) atoms. The number of carbonyl (C=O) groups is 1. The number of aliphatic hydroxyl groups excluding tert-OH is 1. The first-order chi connectivity index (χ1) is 15.7. The SMILES string of the molecule is COc1cc(N2CCC(Oc3ccc(OC(F)(F)F)cc3)C2=O)ccc1OC[C@H](O)CSC. The van der Waals surface area contributed by atoms with Crippen LogP contribution in [-0.2, 0) is 4.79 Å². The van der Waals surface area contributed by atoms with Crippen LogP contribution in [-0.4, -0.2) is 61.9 Å². The Kier molecular flexibility index (Phi) is 8.20. The molecule has 0 bridgehead atoms. The summed E-state index contributed by atoms with van der Waals surface area (Å²) in [5.74, 6) is 1.02. The Balaban J connectivity index is 1.63. The van der Waals surface area contributed by atoms with Gasteiger partial charge in [0.15, 0.2) is 17.6 Å². The van der Waals surface area contributed by atoms with E-state index in [9.17, 15) is 23.1 Å². The molecule has 0 spiro atoms. The highest BCUT2D eigenvalue weighted by Gasteiger charge is 2.35. The number of ether oxygens (including phenoxy) is 4. The number of anilines is 1. The van der Waals surface area contributed by atoms with Crippen LogP contribution in [0.5, 0.6) is 23.0 Å². The van der Waals surface area contributed by atoms with E-state index in [1.165, 1.54) is 31.0 Å². The Labute approximate surface area is 193 Å². The second-order valence-electron chi connectivity index (χ2n) is 7.16. The average Bonchev–Trinajstić information content (AvgIpc) is 3.12. The van der Waals surface area contributed by atoms with Crippen molar-refractivity contribution < 1.29 is 42.0 Å². The summed E-state index contributed by atoms with van der Waals surface area (Å²) in [7, 11) is 1.48. The summed E-state index contributed by atoms with van der Waals surface area (Å²) in [6.45, 7) is 0.510. The summed E-state index contributed by atoms with van der Waals surface area (Å²) < 4.78 is 57.3. The van der Waals surface area contributed by atoms with E-state index in [4.69, 9.17) is 14.2 Å². The molecule has 0 radical (unpaired) electrons. The summed E-state index contributed by atoms with van der Waals surface area (Å²) >= 11 is 1.51. The second kappa shape index (κ2) is 10.9. The highest BCUT2D eigenvalue weighted by molar-refractivity contribution is 7.98. The maximum Gasteiger partial charge on any atom is 0.573 e. The second-order valence-corrected chi connectivity index (χ2v) is 8.07. The van der Waals surface area contributed by atoms with Crippen molar-refractivity contribution in [2.24, 2.45) is 0 Å². The van der Waals surface area contributed by atoms with E-state index < -0.39 is 18.6 Å². The average molecular weight is 487 g/mol. The van der Waals surface area contributed by atoms with Gasteiger partial charge in [-0.3, -0.25) is 4.79 Å². The lowest BCUT2D eigenvalue weighted by atomic mass is 10.2. The number of aliphatic hydroxyl groups is 1. The fourth-order valence-electron chi connectivity index (χ4n) is 3.27. The van der Waals surface area contributed by atoms with Crippen molar-refractivity contribution in [2.45, 2.75) is 25.0 Å². The third-order valence-electron chi connectivity index (χ3n) is 4.74. The smallest absolute Gasteiger partial charge is 0.493 e. The molecule has 1 heterocycles. The molecule has 11 heteroatoms. The van der Waals surface area contributed by atoms with Crippen LogP contribution in [0, 0.1) is 0 Å². The number of methoxy groups -OCH3 is 1. The number of halogens is 3. The lowest BCUT2D eigenvalue weighted by molar-refractivity contribution is -0.274. The van der Waals surface area contributed by atoms with Gasteiger partial charge < -0.3 is 29.0 Å². The first-order valence-corrected chi connectivity index (χ1v) is 11.4. The molecule has 0 saturated carbocycles. The maximum atomic E-state index is 12.9. The van der Waals surface area contributed by atoms with Gasteiger partial charge in [0.25, 0.3) is 5.91 Å². The summed E-state index contributed by atoms with van der Waals surface area (Å²) in [5, 5.41) is 9.84. The molecule has 1 amide bonds. The summed E-state index contributed by atoms with van der Waals surface area (Å²) in [5.41, 5.74) is 0.592. The molecule has 3 rings (SSSR count). The zero-order chi connectivity index (χ0) is 24.0. The number of amides is 1. The van der Waals surface area contributed by atoms with Gasteiger partial charge in [-0.25, -0.2) is 0 Å². The van der Waals surface area contributed by atoms with Gasteiger partial charge in [-0.15, -0.1) is 13.2 Å². The molecule has 2 aromatic carbocycles. The van der Waals surface area contributed by atoms with E-state index in [1.807, 2.05) is 6.26 Å². The van der Waals surface area contributed by atoms with Gasteiger partial charge in [0, 0.05) is 30.5 Å². The van der Waals surface area contributed by atoms with E-state index in [-0.39, 0.29) is 24.0 Å². The van der Waals surface area contributed by atoms with Gasteiger partial charge in [-0.2, -0.15) is 11.8 Å². The van der Waals surface area contributed by atoms with Crippen molar-refractivity contribution in [1.29, 1.82) is 0 Å². The van der Waals surface area contributed by atoms with Crippen molar-refractivity contribution in [1.82, 2.24) is 0 Å². The number of carbonyl (C=O) groups excluding carboxylic acids is 1. The van der Waals surface area contributed by atoms with Crippen molar-refractivity contribution in [3.8, 4) is 23.0 Å². The monoisotopic (exact) mass is 487 g/mol. The van der Waals surface area contributed by atoms with Gasteiger partial charge >= 0.3 is 6.36 Å². The Morgan fingerprint density at radius 1 is 1.15 bits per heavy atom. The number of hydrogen-bond acceptors (Lipinski definition) is 7. The van der Waals surface area contributed by atoms with Gasteiger partial charge in [-0.05, 0) is 42.7 Å². The standard InChI is InChI=1S/C22H24F3NO6S/c1-29-20-11-14(3-8-18(20)30-12-15(27)13-33-2)26-10-9-19(21(26)28)31-16-4-6-17(7-5-16)32-22(23,24)25/h3-8,11,15,19,27H,9-10,12-13H2,1-2H3/t15-,19?/m0/s1. The largest absolute Gasteiger partial charge is 0.573 e. The molecule has 0 aromatic heterocycles. The lowest BCUT2D eigenvalue weighted by Crippen LogP contribution is -2.32. The van der Waals surface area contributed by atoms with Crippen molar-refractivity contribution in [3.05, 3.63) is 42.5 Å². The predicted molar refractivity (Wildman–Crippen MR) is 117 cm³/mol. The number of nitrogens with zero attached hydrogens (tertiary/aromatic N) is 1. The molecular weight excluding hydrogens is 463 g/mol. The van der Waals surface area contributed by atoms with Crippen LogP contribution in [0.2, 0.25) is 0 Å². The number of benzene rings is 2. The minimum Gasteiger partial charge on any atom is -0.493 e.